The number of amides is 2. The van der Waals surface area contributed by atoms with Crippen molar-refractivity contribution in [1.82, 2.24) is 9.21 Å². The minimum absolute atomic E-state index is 0.0619. The van der Waals surface area contributed by atoms with Crippen LogP contribution in [0, 0.1) is 0 Å². The van der Waals surface area contributed by atoms with E-state index in [1.807, 2.05) is 0 Å². The highest BCUT2D eigenvalue weighted by molar-refractivity contribution is 7.89. The average molecular weight is 368 g/mol. The quantitative estimate of drug-likeness (QED) is 0.717. The van der Waals surface area contributed by atoms with Crippen LogP contribution in [0.25, 0.3) is 0 Å². The molecule has 9 nitrogen and oxygen atoms in total. The van der Waals surface area contributed by atoms with Crippen LogP contribution in [0.4, 0.5) is 5.69 Å². The second kappa shape index (κ2) is 6.98. The number of carbonyl (C=O) groups excluding carboxylic acids is 2. The summed E-state index contributed by atoms with van der Waals surface area (Å²) in [5.74, 6) is 0.0537. The fourth-order valence-corrected chi connectivity index (χ4v) is 4.28. The van der Waals surface area contributed by atoms with E-state index in [4.69, 9.17) is 10.5 Å². The largest absolute Gasteiger partial charge is 0.482 e. The maximum absolute atomic E-state index is 12.8. The molecule has 0 spiro atoms. The number of fused-ring (bicyclic) bond motifs is 1. The van der Waals surface area contributed by atoms with Gasteiger partial charge in [0, 0.05) is 39.1 Å². The molecule has 2 heterocycles. The molecule has 10 heteroatoms. The topological polar surface area (TPSA) is 122 Å². The third kappa shape index (κ3) is 3.60. The van der Waals surface area contributed by atoms with Crippen molar-refractivity contribution in [2.75, 3.05) is 44.6 Å². The predicted molar refractivity (Wildman–Crippen MR) is 89.6 cm³/mol. The number of hydrogen-bond donors (Lipinski definition) is 2. The number of rotatable bonds is 4. The Balaban J connectivity index is 1.74. The van der Waals surface area contributed by atoms with E-state index in [1.165, 1.54) is 22.5 Å². The van der Waals surface area contributed by atoms with Crippen LogP contribution in [0.3, 0.4) is 0 Å². The Labute approximate surface area is 145 Å². The van der Waals surface area contributed by atoms with Gasteiger partial charge in [-0.2, -0.15) is 4.31 Å². The van der Waals surface area contributed by atoms with Gasteiger partial charge in [0.25, 0.3) is 5.91 Å². The number of nitrogens with zero attached hydrogens (tertiary/aromatic N) is 2. The number of hydrogen-bond acceptors (Lipinski definition) is 6. The summed E-state index contributed by atoms with van der Waals surface area (Å²) in [5, 5.41) is 2.60. The fraction of sp³-hybridized carbons (Fsp3) is 0.467. The standard InChI is InChI=1S/C15H20N4O5S/c16-4-3-15(21)18-5-7-19(8-6-18)25(22,23)11-1-2-13-12(9-11)17-14(20)10-24-13/h1-2,9H,3-8,10,16H2,(H,17,20). The zero-order valence-corrected chi connectivity index (χ0v) is 14.4. The lowest BCUT2D eigenvalue weighted by Gasteiger charge is -2.34. The summed E-state index contributed by atoms with van der Waals surface area (Å²) in [7, 11) is -3.71. The number of ether oxygens (including phenoxy) is 1. The number of piperazine rings is 1. The molecular weight excluding hydrogens is 348 g/mol. The lowest BCUT2D eigenvalue weighted by Crippen LogP contribution is -2.50. The second-order valence-electron chi connectivity index (χ2n) is 5.82. The summed E-state index contributed by atoms with van der Waals surface area (Å²) in [6.07, 6.45) is 0.261. The third-order valence-corrected chi connectivity index (χ3v) is 6.07. The minimum Gasteiger partial charge on any atom is -0.482 e. The molecule has 2 aliphatic rings. The number of benzene rings is 1. The summed E-state index contributed by atoms with van der Waals surface area (Å²) < 4.78 is 32.2. The van der Waals surface area contributed by atoms with Gasteiger partial charge in [-0.15, -0.1) is 0 Å². The molecule has 2 amide bonds. The van der Waals surface area contributed by atoms with Gasteiger partial charge < -0.3 is 20.7 Å². The van der Waals surface area contributed by atoms with Crippen LogP contribution in [0.2, 0.25) is 0 Å². The van der Waals surface area contributed by atoms with Gasteiger partial charge in [0.05, 0.1) is 10.6 Å². The fourth-order valence-electron chi connectivity index (χ4n) is 2.83. The van der Waals surface area contributed by atoms with Crippen molar-refractivity contribution < 1.29 is 22.7 Å². The second-order valence-corrected chi connectivity index (χ2v) is 7.76. The van der Waals surface area contributed by atoms with Crippen molar-refractivity contribution >= 4 is 27.5 Å². The van der Waals surface area contributed by atoms with E-state index in [0.717, 1.165) is 0 Å². The maximum Gasteiger partial charge on any atom is 0.262 e. The van der Waals surface area contributed by atoms with E-state index in [9.17, 15) is 18.0 Å². The first-order valence-corrected chi connectivity index (χ1v) is 9.40. The molecule has 2 aliphatic heterocycles. The Kier molecular flexibility index (Phi) is 4.93. The van der Waals surface area contributed by atoms with E-state index in [0.29, 0.717) is 24.5 Å². The first-order valence-electron chi connectivity index (χ1n) is 7.96. The van der Waals surface area contributed by atoms with Crippen LogP contribution in [-0.2, 0) is 19.6 Å². The number of sulfonamides is 1. The Morgan fingerprint density at radius 1 is 1.24 bits per heavy atom. The van der Waals surface area contributed by atoms with Crippen LogP contribution < -0.4 is 15.8 Å². The molecule has 0 radical (unpaired) electrons. The maximum atomic E-state index is 12.8. The van der Waals surface area contributed by atoms with Crippen LogP contribution in [0.1, 0.15) is 6.42 Å². The number of carbonyl (C=O) groups is 2. The van der Waals surface area contributed by atoms with Gasteiger partial charge in [-0.1, -0.05) is 0 Å². The summed E-state index contributed by atoms with van der Waals surface area (Å²) in [6.45, 7) is 1.31. The molecule has 1 aromatic carbocycles. The molecule has 0 saturated carbocycles. The van der Waals surface area contributed by atoms with Gasteiger partial charge in [0.2, 0.25) is 15.9 Å². The summed E-state index contributed by atoms with van der Waals surface area (Å²) in [4.78, 5) is 24.9. The average Bonchev–Trinajstić information content (AvgIpc) is 2.61. The first kappa shape index (κ1) is 17.6. The Bertz CT molecular complexity index is 787. The summed E-state index contributed by atoms with van der Waals surface area (Å²) in [6, 6.07) is 4.38. The Morgan fingerprint density at radius 2 is 1.96 bits per heavy atom. The van der Waals surface area contributed by atoms with Gasteiger partial charge in [0.1, 0.15) is 5.75 Å². The van der Waals surface area contributed by atoms with Gasteiger partial charge in [-0.3, -0.25) is 9.59 Å². The van der Waals surface area contributed by atoms with Crippen molar-refractivity contribution in [3.8, 4) is 5.75 Å². The highest BCUT2D eigenvalue weighted by Gasteiger charge is 2.31. The van der Waals surface area contributed by atoms with Crippen LogP contribution in [-0.4, -0.2) is 68.8 Å². The third-order valence-electron chi connectivity index (χ3n) is 4.17. The first-order chi connectivity index (χ1) is 11.9. The highest BCUT2D eigenvalue weighted by atomic mass is 32.2. The minimum atomic E-state index is -3.71. The SMILES string of the molecule is NCCC(=O)N1CCN(S(=O)(=O)c2ccc3c(c2)NC(=O)CO3)CC1. The number of nitrogens with one attached hydrogen (secondary N) is 1. The molecule has 1 aromatic rings. The lowest BCUT2D eigenvalue weighted by atomic mass is 10.2. The van der Waals surface area contributed by atoms with Crippen molar-refractivity contribution in [2.45, 2.75) is 11.3 Å². The van der Waals surface area contributed by atoms with E-state index < -0.39 is 10.0 Å². The molecular formula is C15H20N4O5S. The number of anilines is 1. The van der Waals surface area contributed by atoms with Gasteiger partial charge in [-0.05, 0) is 18.2 Å². The van der Waals surface area contributed by atoms with E-state index in [2.05, 4.69) is 5.32 Å². The molecule has 136 valence electrons. The monoisotopic (exact) mass is 368 g/mol. The van der Waals surface area contributed by atoms with Crippen LogP contribution in [0.15, 0.2) is 23.1 Å². The van der Waals surface area contributed by atoms with Gasteiger partial charge in [0.15, 0.2) is 6.61 Å². The molecule has 0 atom stereocenters. The molecule has 0 unspecified atom stereocenters. The van der Waals surface area contributed by atoms with Crippen molar-refractivity contribution in [2.24, 2.45) is 5.73 Å². The Morgan fingerprint density at radius 3 is 2.64 bits per heavy atom. The van der Waals surface area contributed by atoms with Crippen molar-refractivity contribution in [3.63, 3.8) is 0 Å². The van der Waals surface area contributed by atoms with E-state index in [1.54, 1.807) is 4.90 Å². The Hall–Kier alpha value is -2.17. The predicted octanol–water partition coefficient (Wildman–Crippen LogP) is -0.801. The van der Waals surface area contributed by atoms with Crippen LogP contribution >= 0.6 is 0 Å². The lowest BCUT2D eigenvalue weighted by molar-refractivity contribution is -0.132. The smallest absolute Gasteiger partial charge is 0.262 e. The molecule has 0 aromatic heterocycles. The summed E-state index contributed by atoms with van der Waals surface area (Å²) in [5.41, 5.74) is 5.72. The van der Waals surface area contributed by atoms with Crippen LogP contribution in [0.5, 0.6) is 5.75 Å². The van der Waals surface area contributed by atoms with Crippen molar-refractivity contribution in [1.29, 1.82) is 0 Å². The molecule has 0 aliphatic carbocycles. The molecule has 25 heavy (non-hydrogen) atoms. The van der Waals surface area contributed by atoms with E-state index in [-0.39, 0.29) is 49.4 Å². The van der Waals surface area contributed by atoms with Crippen molar-refractivity contribution in [3.05, 3.63) is 18.2 Å². The number of nitrogens with two attached hydrogens (primary N) is 1. The van der Waals surface area contributed by atoms with Gasteiger partial charge >= 0.3 is 0 Å². The molecule has 0 bridgehead atoms. The summed E-state index contributed by atoms with van der Waals surface area (Å²) >= 11 is 0. The van der Waals surface area contributed by atoms with Gasteiger partial charge in [-0.25, -0.2) is 8.42 Å². The molecule has 3 N–H and O–H groups in total. The zero-order valence-electron chi connectivity index (χ0n) is 13.6. The normalized spacial score (nSPS) is 18.3. The van der Waals surface area contributed by atoms with E-state index >= 15 is 0 Å². The highest BCUT2D eigenvalue weighted by Crippen LogP contribution is 2.31. The molecule has 1 saturated heterocycles. The zero-order chi connectivity index (χ0) is 18.0. The molecule has 1 fully saturated rings. The molecule has 3 rings (SSSR count).